The molecule has 100 valence electrons. The van der Waals surface area contributed by atoms with Gasteiger partial charge in [-0.1, -0.05) is 6.42 Å². The number of anilines is 1. The maximum Gasteiger partial charge on any atom is 0.335 e. The van der Waals surface area contributed by atoms with E-state index in [-0.39, 0.29) is 0 Å². The molecular weight excluding hydrogens is 246 g/mol. The molecule has 0 aromatic heterocycles. The van der Waals surface area contributed by atoms with E-state index in [1.54, 1.807) is 12.1 Å². The molecule has 0 radical (unpaired) electrons. The lowest BCUT2D eigenvalue weighted by Gasteiger charge is -2.10. The van der Waals surface area contributed by atoms with Crippen molar-refractivity contribution in [2.45, 2.75) is 26.2 Å². The number of benzene rings is 1. The molecule has 2 N–H and O–H groups in total. The zero-order chi connectivity index (χ0) is 13.4. The number of carbonyl (C=O) groups is 1. The number of unbranched alkanes of at least 4 members (excludes halogenated alkanes) is 2. The van der Waals surface area contributed by atoms with Crippen LogP contribution in [0.15, 0.2) is 18.2 Å². The number of aromatic carboxylic acids is 1. The van der Waals surface area contributed by atoms with E-state index in [1.807, 2.05) is 24.8 Å². The van der Waals surface area contributed by atoms with Crippen molar-refractivity contribution in [3.63, 3.8) is 0 Å². The molecule has 3 nitrogen and oxygen atoms in total. The fraction of sp³-hybridized carbons (Fsp3) is 0.500. The second-order valence-corrected chi connectivity index (χ2v) is 5.30. The number of rotatable bonds is 8. The maximum absolute atomic E-state index is 10.8. The van der Waals surface area contributed by atoms with E-state index in [9.17, 15) is 4.79 Å². The summed E-state index contributed by atoms with van der Waals surface area (Å²) in [6, 6.07) is 5.20. The van der Waals surface area contributed by atoms with Gasteiger partial charge in [-0.3, -0.25) is 0 Å². The Bertz CT molecular complexity index is 393. The van der Waals surface area contributed by atoms with Gasteiger partial charge < -0.3 is 10.4 Å². The summed E-state index contributed by atoms with van der Waals surface area (Å²) in [6.07, 6.45) is 5.78. The first kappa shape index (κ1) is 14.9. The van der Waals surface area contributed by atoms with Gasteiger partial charge in [0.15, 0.2) is 0 Å². The van der Waals surface area contributed by atoms with Gasteiger partial charge in [-0.05, 0) is 55.5 Å². The fourth-order valence-corrected chi connectivity index (χ4v) is 2.26. The van der Waals surface area contributed by atoms with Crippen LogP contribution >= 0.6 is 11.8 Å². The average Bonchev–Trinajstić information content (AvgIpc) is 2.35. The van der Waals surface area contributed by atoms with E-state index in [2.05, 4.69) is 11.6 Å². The van der Waals surface area contributed by atoms with E-state index >= 15 is 0 Å². The highest BCUT2D eigenvalue weighted by Gasteiger charge is 2.04. The summed E-state index contributed by atoms with van der Waals surface area (Å²) in [5.41, 5.74) is 2.36. The van der Waals surface area contributed by atoms with Crippen LogP contribution < -0.4 is 5.32 Å². The van der Waals surface area contributed by atoms with Crippen molar-refractivity contribution in [1.82, 2.24) is 0 Å². The van der Waals surface area contributed by atoms with Crippen LogP contribution in [0.25, 0.3) is 0 Å². The highest BCUT2D eigenvalue weighted by Crippen LogP contribution is 2.16. The first-order valence-corrected chi connectivity index (χ1v) is 7.61. The molecule has 0 atom stereocenters. The van der Waals surface area contributed by atoms with Gasteiger partial charge in [-0.25, -0.2) is 4.79 Å². The molecular formula is C14H21NO2S. The molecule has 0 spiro atoms. The van der Waals surface area contributed by atoms with E-state index in [1.165, 1.54) is 18.6 Å². The van der Waals surface area contributed by atoms with Crippen molar-refractivity contribution in [2.24, 2.45) is 0 Å². The number of carboxylic acids is 1. The largest absolute Gasteiger partial charge is 0.478 e. The van der Waals surface area contributed by atoms with Crippen LogP contribution in [-0.4, -0.2) is 29.6 Å². The Morgan fingerprint density at radius 2 is 2.11 bits per heavy atom. The zero-order valence-corrected chi connectivity index (χ0v) is 11.8. The van der Waals surface area contributed by atoms with Gasteiger partial charge in [0.05, 0.1) is 5.56 Å². The third kappa shape index (κ3) is 5.00. The standard InChI is InChI=1S/C14H21NO2S/c1-11-10-12(14(16)17)6-7-13(11)15-8-4-3-5-9-18-2/h6-7,10,15H,3-5,8-9H2,1-2H3,(H,16,17). The predicted molar refractivity (Wildman–Crippen MR) is 78.9 cm³/mol. The highest BCUT2D eigenvalue weighted by molar-refractivity contribution is 7.98. The summed E-state index contributed by atoms with van der Waals surface area (Å²) in [5, 5.41) is 12.2. The molecule has 1 rings (SSSR count). The van der Waals surface area contributed by atoms with Gasteiger partial charge >= 0.3 is 5.97 Å². The summed E-state index contributed by atoms with van der Waals surface area (Å²) < 4.78 is 0. The molecule has 0 heterocycles. The van der Waals surface area contributed by atoms with Crippen molar-refractivity contribution in [3.8, 4) is 0 Å². The van der Waals surface area contributed by atoms with Crippen molar-refractivity contribution in [1.29, 1.82) is 0 Å². The van der Waals surface area contributed by atoms with Gasteiger partial charge in [0.25, 0.3) is 0 Å². The first-order valence-electron chi connectivity index (χ1n) is 6.22. The van der Waals surface area contributed by atoms with Crippen LogP contribution in [-0.2, 0) is 0 Å². The molecule has 0 aliphatic carbocycles. The Labute approximate surface area is 113 Å². The second kappa shape index (κ2) is 8.03. The smallest absolute Gasteiger partial charge is 0.335 e. The molecule has 18 heavy (non-hydrogen) atoms. The molecule has 0 amide bonds. The number of hydrogen-bond acceptors (Lipinski definition) is 3. The van der Waals surface area contributed by atoms with Crippen LogP contribution in [0, 0.1) is 6.92 Å². The Morgan fingerprint density at radius 1 is 1.33 bits per heavy atom. The number of thioether (sulfide) groups is 1. The number of aryl methyl sites for hydroxylation is 1. The Hall–Kier alpha value is -1.16. The fourth-order valence-electron chi connectivity index (χ4n) is 1.77. The van der Waals surface area contributed by atoms with Crippen molar-refractivity contribution < 1.29 is 9.90 Å². The Kier molecular flexibility index (Phi) is 6.65. The minimum absolute atomic E-state index is 0.345. The van der Waals surface area contributed by atoms with E-state index in [0.717, 1.165) is 24.2 Å². The quantitative estimate of drug-likeness (QED) is 0.706. The third-order valence-corrected chi connectivity index (χ3v) is 3.51. The van der Waals surface area contributed by atoms with Gasteiger partial charge in [-0.15, -0.1) is 0 Å². The Balaban J connectivity index is 2.36. The number of hydrogen-bond donors (Lipinski definition) is 2. The van der Waals surface area contributed by atoms with Crippen LogP contribution in [0.2, 0.25) is 0 Å². The van der Waals surface area contributed by atoms with Crippen LogP contribution in [0.5, 0.6) is 0 Å². The van der Waals surface area contributed by atoms with Gasteiger partial charge in [0.2, 0.25) is 0 Å². The molecule has 1 aromatic carbocycles. The van der Waals surface area contributed by atoms with Gasteiger partial charge in [0, 0.05) is 12.2 Å². The molecule has 0 aliphatic rings. The van der Waals surface area contributed by atoms with E-state index in [4.69, 9.17) is 5.11 Å². The second-order valence-electron chi connectivity index (χ2n) is 4.32. The van der Waals surface area contributed by atoms with Crippen molar-refractivity contribution >= 4 is 23.4 Å². The molecule has 0 fully saturated rings. The lowest BCUT2D eigenvalue weighted by atomic mass is 10.1. The first-order chi connectivity index (χ1) is 8.65. The molecule has 0 aliphatic heterocycles. The summed E-state index contributed by atoms with van der Waals surface area (Å²) >= 11 is 1.89. The SMILES string of the molecule is CSCCCCCNc1ccc(C(=O)O)cc1C. The molecule has 0 saturated carbocycles. The average molecular weight is 267 g/mol. The minimum Gasteiger partial charge on any atom is -0.478 e. The summed E-state index contributed by atoms with van der Waals surface area (Å²) in [6.45, 7) is 2.88. The summed E-state index contributed by atoms with van der Waals surface area (Å²) in [5.74, 6) is 0.355. The topological polar surface area (TPSA) is 49.3 Å². The van der Waals surface area contributed by atoms with Gasteiger partial charge in [-0.2, -0.15) is 11.8 Å². The number of nitrogens with one attached hydrogen (secondary N) is 1. The van der Waals surface area contributed by atoms with Crippen LogP contribution in [0.1, 0.15) is 35.2 Å². The summed E-state index contributed by atoms with van der Waals surface area (Å²) in [7, 11) is 0. The lowest BCUT2D eigenvalue weighted by Crippen LogP contribution is -2.04. The van der Waals surface area contributed by atoms with E-state index < -0.39 is 5.97 Å². The third-order valence-electron chi connectivity index (χ3n) is 2.81. The Morgan fingerprint density at radius 3 is 2.72 bits per heavy atom. The minimum atomic E-state index is -0.873. The normalized spacial score (nSPS) is 10.3. The summed E-state index contributed by atoms with van der Waals surface area (Å²) in [4.78, 5) is 10.8. The predicted octanol–water partition coefficient (Wildman–Crippen LogP) is 3.64. The molecule has 0 saturated heterocycles. The van der Waals surface area contributed by atoms with Crippen molar-refractivity contribution in [3.05, 3.63) is 29.3 Å². The molecule has 4 heteroatoms. The van der Waals surface area contributed by atoms with Crippen LogP contribution in [0.3, 0.4) is 0 Å². The van der Waals surface area contributed by atoms with Crippen LogP contribution in [0.4, 0.5) is 5.69 Å². The van der Waals surface area contributed by atoms with Gasteiger partial charge in [0.1, 0.15) is 0 Å². The van der Waals surface area contributed by atoms with Crippen molar-refractivity contribution in [2.75, 3.05) is 23.9 Å². The lowest BCUT2D eigenvalue weighted by molar-refractivity contribution is 0.0697. The molecule has 0 unspecified atom stereocenters. The highest BCUT2D eigenvalue weighted by atomic mass is 32.2. The maximum atomic E-state index is 10.8. The molecule has 0 bridgehead atoms. The molecule has 1 aromatic rings. The zero-order valence-electron chi connectivity index (χ0n) is 11.0. The monoisotopic (exact) mass is 267 g/mol. The number of carboxylic acid groups (broad SMARTS) is 1. The van der Waals surface area contributed by atoms with E-state index in [0.29, 0.717) is 5.56 Å².